The van der Waals surface area contributed by atoms with E-state index in [0.29, 0.717) is 12.1 Å². The van der Waals surface area contributed by atoms with Gasteiger partial charge in [0.2, 0.25) is 21.8 Å². The first kappa shape index (κ1) is 25.1. The molecule has 0 aliphatic carbocycles. The Balaban J connectivity index is 2.41. The van der Waals surface area contributed by atoms with Crippen LogP contribution in [-0.2, 0) is 26.2 Å². The van der Waals surface area contributed by atoms with E-state index in [1.807, 2.05) is 0 Å². The molecule has 32 heavy (non-hydrogen) atoms. The predicted molar refractivity (Wildman–Crippen MR) is 120 cm³/mol. The quantitative estimate of drug-likeness (QED) is 0.580. The summed E-state index contributed by atoms with van der Waals surface area (Å²) in [5.74, 6) is -1.12. The molecule has 2 aromatic carbocycles. The monoisotopic (exact) mass is 465 g/mol. The number of amides is 2. The molecule has 0 fully saturated rings. The Morgan fingerprint density at radius 3 is 2.31 bits per heavy atom. The molecule has 0 radical (unpaired) electrons. The van der Waals surface area contributed by atoms with Crippen LogP contribution in [0.3, 0.4) is 0 Å². The van der Waals surface area contributed by atoms with E-state index in [4.69, 9.17) is 4.74 Å². The van der Waals surface area contributed by atoms with E-state index in [-0.39, 0.29) is 23.9 Å². The van der Waals surface area contributed by atoms with Gasteiger partial charge in [-0.3, -0.25) is 13.9 Å². The zero-order valence-electron chi connectivity index (χ0n) is 18.5. The number of para-hydroxylation sites is 2. The highest BCUT2D eigenvalue weighted by molar-refractivity contribution is 7.92. The molecule has 174 valence electrons. The lowest BCUT2D eigenvalue weighted by Crippen LogP contribution is -2.51. The number of carbonyl (C=O) groups excluding carboxylic acids is 2. The fourth-order valence-corrected chi connectivity index (χ4v) is 3.97. The fraction of sp³-hybridized carbons (Fsp3) is 0.364. The maximum Gasteiger partial charge on any atom is 0.244 e. The molecule has 0 saturated carbocycles. The lowest BCUT2D eigenvalue weighted by Gasteiger charge is -2.31. The number of ether oxygens (including phenoxy) is 1. The summed E-state index contributed by atoms with van der Waals surface area (Å²) in [7, 11) is -2.46. The molecular weight excluding hydrogens is 437 g/mol. The molecule has 0 spiro atoms. The van der Waals surface area contributed by atoms with E-state index < -0.39 is 34.3 Å². The Labute approximate surface area is 188 Å². The lowest BCUT2D eigenvalue weighted by atomic mass is 10.1. The van der Waals surface area contributed by atoms with Gasteiger partial charge in [-0.05, 0) is 43.7 Å². The molecule has 0 saturated heterocycles. The van der Waals surface area contributed by atoms with E-state index in [1.165, 1.54) is 42.3 Å². The lowest BCUT2D eigenvalue weighted by molar-refractivity contribution is -0.139. The van der Waals surface area contributed by atoms with Crippen molar-refractivity contribution in [2.75, 3.05) is 30.8 Å². The molecule has 0 aliphatic heterocycles. The number of nitrogens with one attached hydrogen (secondary N) is 1. The number of anilines is 1. The van der Waals surface area contributed by atoms with Crippen molar-refractivity contribution in [1.29, 1.82) is 0 Å². The summed E-state index contributed by atoms with van der Waals surface area (Å²) in [6, 6.07) is 11.1. The van der Waals surface area contributed by atoms with Gasteiger partial charge in [0.05, 0.1) is 19.1 Å². The molecule has 0 bridgehead atoms. The second-order valence-corrected chi connectivity index (χ2v) is 9.07. The number of sulfonamides is 1. The van der Waals surface area contributed by atoms with Crippen LogP contribution in [0.4, 0.5) is 10.1 Å². The average Bonchev–Trinajstić information content (AvgIpc) is 2.75. The number of halogens is 1. The highest BCUT2D eigenvalue weighted by Gasteiger charge is 2.30. The number of hydrogen-bond donors (Lipinski definition) is 1. The van der Waals surface area contributed by atoms with Crippen molar-refractivity contribution in [1.82, 2.24) is 10.2 Å². The van der Waals surface area contributed by atoms with Crippen LogP contribution in [0, 0.1) is 5.82 Å². The van der Waals surface area contributed by atoms with Crippen LogP contribution in [0.25, 0.3) is 0 Å². The molecular formula is C22H28FN3O5S. The van der Waals surface area contributed by atoms with Crippen molar-refractivity contribution in [3.63, 3.8) is 0 Å². The minimum Gasteiger partial charge on any atom is -0.495 e. The Kier molecular flexibility index (Phi) is 8.59. The van der Waals surface area contributed by atoms with Crippen molar-refractivity contribution >= 4 is 27.5 Å². The Bertz CT molecular complexity index is 1040. The summed E-state index contributed by atoms with van der Waals surface area (Å²) < 4.78 is 44.6. The van der Waals surface area contributed by atoms with Gasteiger partial charge < -0.3 is 15.0 Å². The highest BCUT2D eigenvalue weighted by atomic mass is 32.2. The zero-order chi connectivity index (χ0) is 23.9. The topological polar surface area (TPSA) is 96.0 Å². The number of nitrogens with zero attached hydrogens (tertiary/aromatic N) is 2. The van der Waals surface area contributed by atoms with Crippen LogP contribution in [0.5, 0.6) is 5.75 Å². The van der Waals surface area contributed by atoms with Gasteiger partial charge in [0.1, 0.15) is 24.2 Å². The Morgan fingerprint density at radius 1 is 1.12 bits per heavy atom. The molecule has 0 unspecified atom stereocenters. The van der Waals surface area contributed by atoms with Gasteiger partial charge in [0, 0.05) is 13.1 Å². The number of methoxy groups -OCH3 is 1. The maximum absolute atomic E-state index is 13.3. The van der Waals surface area contributed by atoms with Gasteiger partial charge in [0.25, 0.3) is 0 Å². The minimum atomic E-state index is -3.86. The second kappa shape index (κ2) is 10.9. The van der Waals surface area contributed by atoms with Crippen LogP contribution >= 0.6 is 0 Å². The summed E-state index contributed by atoms with van der Waals surface area (Å²) >= 11 is 0. The van der Waals surface area contributed by atoms with Crippen LogP contribution in [0.2, 0.25) is 0 Å². The van der Waals surface area contributed by atoms with Gasteiger partial charge in [0.15, 0.2) is 0 Å². The molecule has 10 heteroatoms. The molecule has 2 aromatic rings. The first-order valence-electron chi connectivity index (χ1n) is 10.0. The first-order valence-corrected chi connectivity index (χ1v) is 11.9. The second-order valence-electron chi connectivity index (χ2n) is 7.16. The predicted octanol–water partition coefficient (Wildman–Crippen LogP) is 2.15. The van der Waals surface area contributed by atoms with Gasteiger partial charge in [-0.25, -0.2) is 12.8 Å². The fourth-order valence-electron chi connectivity index (χ4n) is 3.12. The molecule has 0 aliphatic rings. The Hall–Kier alpha value is -3.14. The number of rotatable bonds is 10. The maximum atomic E-state index is 13.3. The van der Waals surface area contributed by atoms with E-state index in [1.54, 1.807) is 32.0 Å². The van der Waals surface area contributed by atoms with E-state index >= 15 is 0 Å². The average molecular weight is 466 g/mol. The number of carbonyl (C=O) groups is 2. The van der Waals surface area contributed by atoms with Crippen molar-refractivity contribution in [3.8, 4) is 5.75 Å². The third-order valence-corrected chi connectivity index (χ3v) is 5.94. The molecule has 1 atom stereocenters. The molecule has 2 rings (SSSR count). The van der Waals surface area contributed by atoms with Crippen LogP contribution < -0.4 is 14.4 Å². The van der Waals surface area contributed by atoms with Crippen molar-refractivity contribution < 1.29 is 27.1 Å². The van der Waals surface area contributed by atoms with Gasteiger partial charge in [-0.15, -0.1) is 0 Å². The summed E-state index contributed by atoms with van der Waals surface area (Å²) in [6.45, 7) is 3.15. The van der Waals surface area contributed by atoms with Gasteiger partial charge in [-0.1, -0.05) is 24.3 Å². The SMILES string of the molecule is CCNC(=O)[C@H](C)N(Cc1ccc(F)cc1)C(=O)CN(c1ccccc1OC)S(C)(=O)=O. The molecule has 8 nitrogen and oxygen atoms in total. The summed E-state index contributed by atoms with van der Waals surface area (Å²) in [6.07, 6.45) is 0.990. The van der Waals surface area contributed by atoms with E-state index in [9.17, 15) is 22.4 Å². The summed E-state index contributed by atoms with van der Waals surface area (Å²) in [5, 5.41) is 2.66. The molecule has 1 N–H and O–H groups in total. The first-order chi connectivity index (χ1) is 15.1. The molecule has 0 aromatic heterocycles. The van der Waals surface area contributed by atoms with Gasteiger partial charge in [-0.2, -0.15) is 0 Å². The normalized spacial score (nSPS) is 12.0. The largest absolute Gasteiger partial charge is 0.495 e. The summed E-state index contributed by atoms with van der Waals surface area (Å²) in [4.78, 5) is 27.1. The van der Waals surface area contributed by atoms with Crippen LogP contribution in [0.15, 0.2) is 48.5 Å². The van der Waals surface area contributed by atoms with Crippen molar-refractivity contribution in [3.05, 3.63) is 59.9 Å². The van der Waals surface area contributed by atoms with Crippen molar-refractivity contribution in [2.45, 2.75) is 26.4 Å². The third-order valence-electron chi connectivity index (χ3n) is 4.82. The number of benzene rings is 2. The van der Waals surface area contributed by atoms with E-state index in [0.717, 1.165) is 10.6 Å². The van der Waals surface area contributed by atoms with E-state index in [2.05, 4.69) is 5.32 Å². The smallest absolute Gasteiger partial charge is 0.244 e. The molecule has 2 amide bonds. The molecule has 0 heterocycles. The third kappa shape index (κ3) is 6.43. The Morgan fingerprint density at radius 2 is 1.75 bits per heavy atom. The highest BCUT2D eigenvalue weighted by Crippen LogP contribution is 2.29. The zero-order valence-corrected chi connectivity index (χ0v) is 19.4. The number of hydrogen-bond acceptors (Lipinski definition) is 5. The van der Waals surface area contributed by atoms with Crippen LogP contribution in [0.1, 0.15) is 19.4 Å². The van der Waals surface area contributed by atoms with Gasteiger partial charge >= 0.3 is 0 Å². The standard InChI is InChI=1S/C22H28FN3O5S/c1-5-24-22(28)16(2)25(14-17-10-12-18(23)13-11-17)21(27)15-26(32(4,29)30)19-8-6-7-9-20(19)31-3/h6-13,16H,5,14-15H2,1-4H3,(H,24,28)/t16-/m0/s1. The number of likely N-dealkylation sites (N-methyl/N-ethyl adjacent to an activating group) is 1. The summed E-state index contributed by atoms with van der Waals surface area (Å²) in [5.41, 5.74) is 0.803. The van der Waals surface area contributed by atoms with Crippen molar-refractivity contribution in [2.24, 2.45) is 0 Å². The minimum absolute atomic E-state index is 0.000933. The van der Waals surface area contributed by atoms with Crippen LogP contribution in [-0.4, -0.2) is 57.6 Å².